The highest BCUT2D eigenvalue weighted by molar-refractivity contribution is 5.54. The number of hydrogen-bond acceptors (Lipinski definition) is 5. The van der Waals surface area contributed by atoms with Crippen LogP contribution < -0.4 is 5.73 Å². The molecule has 0 heterocycles. The third kappa shape index (κ3) is 2.93. The Balaban J connectivity index is 2.27. The molecule has 2 rings (SSSR count). The van der Waals surface area contributed by atoms with Gasteiger partial charge in [-0.2, -0.15) is 20.8 Å². The number of nitrogens with two attached hydrogens (primary N) is 1. The van der Waals surface area contributed by atoms with Gasteiger partial charge in [-0.3, -0.25) is 0 Å². The van der Waals surface area contributed by atoms with E-state index in [9.17, 15) is 0 Å². The average molecular weight is 247 g/mol. The number of nitrogen functional groups attached to an aromatic ring is 1. The molecule has 0 spiro atoms. The van der Waals surface area contributed by atoms with E-state index in [0.717, 1.165) is 0 Å². The van der Waals surface area contributed by atoms with Crippen molar-refractivity contribution in [1.82, 2.24) is 0 Å². The van der Waals surface area contributed by atoms with E-state index in [4.69, 9.17) is 16.3 Å². The van der Waals surface area contributed by atoms with Gasteiger partial charge in [0.25, 0.3) is 0 Å². The Kier molecular flexibility index (Phi) is 3.51. The van der Waals surface area contributed by atoms with Crippen molar-refractivity contribution in [2.75, 3.05) is 5.73 Å². The summed E-state index contributed by atoms with van der Waals surface area (Å²) in [6.45, 7) is 0. The number of hydrogen-bond donors (Lipinski definition) is 1. The van der Waals surface area contributed by atoms with E-state index in [1.54, 1.807) is 36.4 Å². The van der Waals surface area contributed by atoms with E-state index in [1.165, 1.54) is 6.07 Å². The second-order valence-corrected chi connectivity index (χ2v) is 3.75. The zero-order valence-electron chi connectivity index (χ0n) is 9.91. The molecule has 0 saturated heterocycles. The highest BCUT2D eigenvalue weighted by Gasteiger charge is 2.02. The van der Waals surface area contributed by atoms with Gasteiger partial charge in [-0.25, -0.2) is 0 Å². The first kappa shape index (κ1) is 12.3. The standard InChI is InChI=1S/C14H9N5/c15-8-10-1-4-14(7-11(10)9-16)19-18-13-5-2-12(17)3-6-13/h1-7H,17H2/b19-18+. The SMILES string of the molecule is N#Cc1ccc(/N=N/c2ccc(N)cc2)cc1C#N. The van der Waals surface area contributed by atoms with Gasteiger partial charge in [0.2, 0.25) is 0 Å². The lowest BCUT2D eigenvalue weighted by Crippen LogP contribution is -1.82. The van der Waals surface area contributed by atoms with Crippen LogP contribution in [0, 0.1) is 22.7 Å². The van der Waals surface area contributed by atoms with Gasteiger partial charge in [0, 0.05) is 5.69 Å². The lowest BCUT2D eigenvalue weighted by atomic mass is 10.1. The molecule has 0 aliphatic rings. The van der Waals surface area contributed by atoms with Gasteiger partial charge in [0.15, 0.2) is 0 Å². The summed E-state index contributed by atoms with van der Waals surface area (Å²) >= 11 is 0. The maximum absolute atomic E-state index is 8.90. The Hall–Kier alpha value is -3.18. The highest BCUT2D eigenvalue weighted by atomic mass is 15.1. The minimum Gasteiger partial charge on any atom is -0.399 e. The maximum Gasteiger partial charge on any atom is 0.101 e. The lowest BCUT2D eigenvalue weighted by Gasteiger charge is -1.97. The van der Waals surface area contributed by atoms with E-state index in [2.05, 4.69) is 10.2 Å². The van der Waals surface area contributed by atoms with Gasteiger partial charge < -0.3 is 5.73 Å². The molecule has 2 aromatic rings. The summed E-state index contributed by atoms with van der Waals surface area (Å²) in [5, 5.41) is 25.7. The molecule has 90 valence electrons. The Labute approximate surface area is 110 Å². The van der Waals surface area contributed by atoms with Crippen molar-refractivity contribution in [2.24, 2.45) is 10.2 Å². The molecule has 0 radical (unpaired) electrons. The van der Waals surface area contributed by atoms with Crippen molar-refractivity contribution in [2.45, 2.75) is 0 Å². The van der Waals surface area contributed by atoms with E-state index >= 15 is 0 Å². The van der Waals surface area contributed by atoms with Crippen molar-refractivity contribution in [3.63, 3.8) is 0 Å². The predicted molar refractivity (Wildman–Crippen MR) is 70.9 cm³/mol. The van der Waals surface area contributed by atoms with Gasteiger partial charge in [-0.1, -0.05) is 0 Å². The third-order valence-electron chi connectivity index (χ3n) is 2.42. The molecule has 0 aliphatic heterocycles. The van der Waals surface area contributed by atoms with Crippen molar-refractivity contribution in [3.05, 3.63) is 53.6 Å². The molecule has 2 aromatic carbocycles. The molecular formula is C14H9N5. The average Bonchev–Trinajstić information content (AvgIpc) is 2.46. The second-order valence-electron chi connectivity index (χ2n) is 3.75. The van der Waals surface area contributed by atoms with Crippen LogP contribution >= 0.6 is 0 Å². The molecule has 0 aliphatic carbocycles. The fraction of sp³-hybridized carbons (Fsp3) is 0. The predicted octanol–water partition coefficient (Wildman–Crippen LogP) is 3.43. The van der Waals surface area contributed by atoms with Crippen LogP contribution in [0.15, 0.2) is 52.7 Å². The highest BCUT2D eigenvalue weighted by Crippen LogP contribution is 2.21. The first-order chi connectivity index (χ1) is 9.22. The first-order valence-corrected chi connectivity index (χ1v) is 5.44. The van der Waals surface area contributed by atoms with Gasteiger partial charge in [-0.05, 0) is 42.5 Å². The minimum atomic E-state index is 0.288. The van der Waals surface area contributed by atoms with Crippen LogP contribution in [0.1, 0.15) is 11.1 Å². The molecule has 0 bridgehead atoms. The Morgan fingerprint density at radius 3 is 2.00 bits per heavy atom. The first-order valence-electron chi connectivity index (χ1n) is 5.44. The summed E-state index contributed by atoms with van der Waals surface area (Å²) in [4.78, 5) is 0. The molecule has 0 amide bonds. The fourth-order valence-electron chi connectivity index (χ4n) is 1.44. The van der Waals surface area contributed by atoms with Crippen molar-refractivity contribution in [3.8, 4) is 12.1 Å². The molecule has 2 N–H and O–H groups in total. The number of azo groups is 1. The third-order valence-corrected chi connectivity index (χ3v) is 2.42. The van der Waals surface area contributed by atoms with E-state index < -0.39 is 0 Å². The molecule has 0 fully saturated rings. The number of nitriles is 2. The van der Waals surface area contributed by atoms with Gasteiger partial charge in [-0.15, -0.1) is 0 Å². The Bertz CT molecular complexity index is 702. The van der Waals surface area contributed by atoms with Crippen LogP contribution in [0.5, 0.6) is 0 Å². The molecule has 19 heavy (non-hydrogen) atoms. The van der Waals surface area contributed by atoms with Crippen molar-refractivity contribution in [1.29, 1.82) is 10.5 Å². The molecule has 5 nitrogen and oxygen atoms in total. The van der Waals surface area contributed by atoms with Crippen molar-refractivity contribution >= 4 is 17.1 Å². The van der Waals surface area contributed by atoms with Crippen LogP contribution in [-0.2, 0) is 0 Å². The van der Waals surface area contributed by atoms with E-state index in [0.29, 0.717) is 22.6 Å². The lowest BCUT2D eigenvalue weighted by molar-refractivity contribution is 1.23. The molecule has 5 heteroatoms. The zero-order chi connectivity index (χ0) is 13.7. The van der Waals surface area contributed by atoms with Gasteiger partial charge >= 0.3 is 0 Å². The van der Waals surface area contributed by atoms with E-state index in [1.807, 2.05) is 12.1 Å². The number of rotatable bonds is 2. The molecule has 0 saturated carbocycles. The number of nitrogens with zero attached hydrogens (tertiary/aromatic N) is 4. The molecule has 0 atom stereocenters. The van der Waals surface area contributed by atoms with Gasteiger partial charge in [0.1, 0.15) is 12.1 Å². The summed E-state index contributed by atoms with van der Waals surface area (Å²) in [7, 11) is 0. The van der Waals surface area contributed by atoms with Crippen LogP contribution in [0.25, 0.3) is 0 Å². The zero-order valence-corrected chi connectivity index (χ0v) is 9.91. The quantitative estimate of drug-likeness (QED) is 0.650. The smallest absolute Gasteiger partial charge is 0.101 e. The van der Waals surface area contributed by atoms with E-state index in [-0.39, 0.29) is 5.56 Å². The summed E-state index contributed by atoms with van der Waals surface area (Å²) in [5.74, 6) is 0. The van der Waals surface area contributed by atoms with Crippen LogP contribution in [0.2, 0.25) is 0 Å². The summed E-state index contributed by atoms with van der Waals surface area (Å²) in [6.07, 6.45) is 0. The normalized spacial score (nSPS) is 10.0. The topological polar surface area (TPSA) is 98.3 Å². The molecular weight excluding hydrogens is 238 g/mol. The minimum absolute atomic E-state index is 0.288. The summed E-state index contributed by atoms with van der Waals surface area (Å²) in [6, 6.07) is 15.6. The van der Waals surface area contributed by atoms with Crippen LogP contribution in [0.3, 0.4) is 0 Å². The molecule has 0 unspecified atom stereocenters. The van der Waals surface area contributed by atoms with Crippen LogP contribution in [-0.4, -0.2) is 0 Å². The Morgan fingerprint density at radius 1 is 0.789 bits per heavy atom. The maximum atomic E-state index is 8.90. The molecule has 0 aromatic heterocycles. The summed E-state index contributed by atoms with van der Waals surface area (Å²) < 4.78 is 0. The number of anilines is 1. The monoisotopic (exact) mass is 247 g/mol. The van der Waals surface area contributed by atoms with Gasteiger partial charge in [0.05, 0.1) is 22.5 Å². The fourth-order valence-corrected chi connectivity index (χ4v) is 1.44. The summed E-state index contributed by atoms with van der Waals surface area (Å²) in [5.41, 5.74) is 8.02. The number of benzene rings is 2. The Morgan fingerprint density at radius 2 is 1.37 bits per heavy atom. The van der Waals surface area contributed by atoms with Crippen molar-refractivity contribution < 1.29 is 0 Å². The second kappa shape index (κ2) is 5.44. The largest absolute Gasteiger partial charge is 0.399 e. The van der Waals surface area contributed by atoms with Crippen LogP contribution in [0.4, 0.5) is 17.1 Å².